The van der Waals surface area contributed by atoms with Gasteiger partial charge in [-0.1, -0.05) is 27.2 Å². The molecular weight excluding hydrogens is 238 g/mol. The number of amides is 1. The van der Waals surface area contributed by atoms with E-state index in [1.807, 2.05) is 18.0 Å². The number of aryl methyl sites for hydroxylation is 1. The maximum Gasteiger partial charge on any atom is 0.254 e. The average molecular weight is 263 g/mol. The number of hydrogen-bond acceptors (Lipinski definition) is 3. The summed E-state index contributed by atoms with van der Waals surface area (Å²) < 4.78 is 0. The second-order valence-corrected chi connectivity index (χ2v) is 4.91. The van der Waals surface area contributed by atoms with Crippen LogP contribution in [0.25, 0.3) is 0 Å². The van der Waals surface area contributed by atoms with E-state index in [2.05, 4.69) is 25.8 Å². The lowest BCUT2D eigenvalue weighted by Gasteiger charge is -2.26. The van der Waals surface area contributed by atoms with Gasteiger partial charge in [0.2, 0.25) is 0 Å². The van der Waals surface area contributed by atoms with Gasteiger partial charge in [-0.2, -0.15) is 0 Å². The highest BCUT2D eigenvalue weighted by Crippen LogP contribution is 2.15. The maximum absolute atomic E-state index is 12.5. The number of aromatic nitrogens is 1. The zero-order valence-electron chi connectivity index (χ0n) is 12.4. The van der Waals surface area contributed by atoms with Crippen LogP contribution in [0.3, 0.4) is 0 Å². The van der Waals surface area contributed by atoms with Crippen LogP contribution < -0.4 is 5.73 Å². The van der Waals surface area contributed by atoms with Crippen LogP contribution in [-0.2, 0) is 6.42 Å². The third kappa shape index (κ3) is 3.94. The Labute approximate surface area is 116 Å². The van der Waals surface area contributed by atoms with E-state index in [1.54, 1.807) is 6.07 Å². The number of nitrogens with zero attached hydrogens (tertiary/aromatic N) is 2. The quantitative estimate of drug-likeness (QED) is 0.858. The molecule has 0 saturated carbocycles. The van der Waals surface area contributed by atoms with E-state index >= 15 is 0 Å². The van der Waals surface area contributed by atoms with Gasteiger partial charge in [0.05, 0.1) is 0 Å². The molecule has 0 bridgehead atoms. The highest BCUT2D eigenvalue weighted by molar-refractivity contribution is 5.95. The monoisotopic (exact) mass is 263 g/mol. The van der Waals surface area contributed by atoms with Crippen LogP contribution in [0.1, 0.15) is 56.1 Å². The Morgan fingerprint density at radius 3 is 2.47 bits per heavy atom. The number of nitrogen functional groups attached to an aromatic ring is 1. The number of carbonyl (C=O) groups excluding carboxylic acids is 1. The van der Waals surface area contributed by atoms with Crippen LogP contribution >= 0.6 is 0 Å². The van der Waals surface area contributed by atoms with Crippen LogP contribution in [0.15, 0.2) is 12.1 Å². The molecule has 1 aromatic heterocycles. The van der Waals surface area contributed by atoms with Crippen molar-refractivity contribution in [1.82, 2.24) is 9.88 Å². The second kappa shape index (κ2) is 7.12. The Bertz CT molecular complexity index is 427. The summed E-state index contributed by atoms with van der Waals surface area (Å²) in [5.74, 6) is 0.451. The zero-order valence-corrected chi connectivity index (χ0v) is 12.4. The van der Waals surface area contributed by atoms with E-state index in [9.17, 15) is 4.79 Å². The summed E-state index contributed by atoms with van der Waals surface area (Å²) in [6.07, 6.45) is 3.76. The van der Waals surface area contributed by atoms with Crippen LogP contribution in [0.5, 0.6) is 0 Å². The standard InChI is InChI=1S/C15H25N3O/c1-5-8-12-9-11(10-14(16)17-12)15(19)18(4)13(6-2)7-3/h9-10,13H,5-8H2,1-4H3,(H2,16,17). The van der Waals surface area contributed by atoms with Crippen molar-refractivity contribution in [3.05, 3.63) is 23.4 Å². The molecule has 0 aliphatic carbocycles. The molecule has 1 aromatic rings. The second-order valence-electron chi connectivity index (χ2n) is 4.91. The molecule has 19 heavy (non-hydrogen) atoms. The minimum absolute atomic E-state index is 0.0279. The molecule has 0 saturated heterocycles. The average Bonchev–Trinajstić information content (AvgIpc) is 2.38. The molecule has 1 heterocycles. The minimum atomic E-state index is 0.0279. The molecule has 0 aliphatic heterocycles. The molecule has 1 amide bonds. The molecule has 0 atom stereocenters. The topological polar surface area (TPSA) is 59.2 Å². The number of pyridine rings is 1. The first kappa shape index (κ1) is 15.5. The molecule has 2 N–H and O–H groups in total. The van der Waals surface area contributed by atoms with Gasteiger partial charge in [0.1, 0.15) is 5.82 Å². The van der Waals surface area contributed by atoms with E-state index in [4.69, 9.17) is 5.73 Å². The number of anilines is 1. The lowest BCUT2D eigenvalue weighted by Crippen LogP contribution is -2.36. The summed E-state index contributed by atoms with van der Waals surface area (Å²) in [5, 5.41) is 0. The minimum Gasteiger partial charge on any atom is -0.384 e. The van der Waals surface area contributed by atoms with Gasteiger partial charge in [0, 0.05) is 24.3 Å². The maximum atomic E-state index is 12.5. The lowest BCUT2D eigenvalue weighted by molar-refractivity contribution is 0.0723. The van der Waals surface area contributed by atoms with Crippen molar-refractivity contribution in [1.29, 1.82) is 0 Å². The predicted molar refractivity (Wildman–Crippen MR) is 79.1 cm³/mol. The number of nitrogens with two attached hydrogens (primary N) is 1. The van der Waals surface area contributed by atoms with Crippen LogP contribution in [0.4, 0.5) is 5.82 Å². The van der Waals surface area contributed by atoms with Gasteiger partial charge in [-0.3, -0.25) is 4.79 Å². The molecule has 0 unspecified atom stereocenters. The summed E-state index contributed by atoms with van der Waals surface area (Å²) in [5.41, 5.74) is 7.32. The molecule has 0 aromatic carbocycles. The summed E-state index contributed by atoms with van der Waals surface area (Å²) in [7, 11) is 1.86. The highest BCUT2D eigenvalue weighted by atomic mass is 16.2. The normalized spacial score (nSPS) is 10.8. The van der Waals surface area contributed by atoms with Crippen molar-refractivity contribution in [3.8, 4) is 0 Å². The van der Waals surface area contributed by atoms with Crippen LogP contribution in [0, 0.1) is 0 Å². The van der Waals surface area contributed by atoms with Crippen molar-refractivity contribution in [2.75, 3.05) is 12.8 Å². The molecular formula is C15H25N3O. The van der Waals surface area contributed by atoms with E-state index in [0.717, 1.165) is 31.4 Å². The molecule has 4 nitrogen and oxygen atoms in total. The molecule has 0 aliphatic rings. The van der Waals surface area contributed by atoms with Gasteiger partial charge >= 0.3 is 0 Å². The molecule has 0 radical (unpaired) electrons. The third-order valence-electron chi connectivity index (χ3n) is 3.46. The molecule has 106 valence electrons. The van der Waals surface area contributed by atoms with E-state index in [1.165, 1.54) is 0 Å². The smallest absolute Gasteiger partial charge is 0.254 e. The third-order valence-corrected chi connectivity index (χ3v) is 3.46. The van der Waals surface area contributed by atoms with Crippen molar-refractivity contribution in [3.63, 3.8) is 0 Å². The summed E-state index contributed by atoms with van der Waals surface area (Å²) >= 11 is 0. The van der Waals surface area contributed by atoms with E-state index in [-0.39, 0.29) is 11.9 Å². The summed E-state index contributed by atoms with van der Waals surface area (Å²) in [4.78, 5) is 18.5. The van der Waals surface area contributed by atoms with Gasteiger partial charge in [-0.05, 0) is 31.4 Å². The van der Waals surface area contributed by atoms with Gasteiger partial charge in [-0.15, -0.1) is 0 Å². The molecule has 1 rings (SSSR count). The van der Waals surface area contributed by atoms with Crippen molar-refractivity contribution >= 4 is 11.7 Å². The first-order valence-corrected chi connectivity index (χ1v) is 7.07. The van der Waals surface area contributed by atoms with Crippen LogP contribution in [-0.4, -0.2) is 28.9 Å². The Morgan fingerprint density at radius 1 is 1.32 bits per heavy atom. The zero-order chi connectivity index (χ0) is 14.4. The predicted octanol–water partition coefficient (Wildman–Crippen LogP) is 2.88. The lowest BCUT2D eigenvalue weighted by atomic mass is 10.1. The van der Waals surface area contributed by atoms with E-state index in [0.29, 0.717) is 11.4 Å². The fourth-order valence-electron chi connectivity index (χ4n) is 2.32. The SMILES string of the molecule is CCCc1cc(C(=O)N(C)C(CC)CC)cc(N)n1. The first-order chi connectivity index (χ1) is 9.03. The Balaban J connectivity index is 2.98. The number of carbonyl (C=O) groups is 1. The Hall–Kier alpha value is -1.58. The number of rotatable bonds is 6. The van der Waals surface area contributed by atoms with Crippen molar-refractivity contribution in [2.24, 2.45) is 0 Å². The molecule has 0 spiro atoms. The van der Waals surface area contributed by atoms with Gasteiger partial charge in [0.25, 0.3) is 5.91 Å². The Kier molecular flexibility index (Phi) is 5.80. The highest BCUT2D eigenvalue weighted by Gasteiger charge is 2.19. The largest absolute Gasteiger partial charge is 0.384 e. The summed E-state index contributed by atoms with van der Waals surface area (Å²) in [6, 6.07) is 3.80. The number of hydrogen-bond donors (Lipinski definition) is 1. The molecule has 0 fully saturated rings. The first-order valence-electron chi connectivity index (χ1n) is 7.07. The Morgan fingerprint density at radius 2 is 1.95 bits per heavy atom. The van der Waals surface area contributed by atoms with E-state index < -0.39 is 0 Å². The van der Waals surface area contributed by atoms with Gasteiger partial charge in [0.15, 0.2) is 0 Å². The van der Waals surface area contributed by atoms with Crippen molar-refractivity contribution < 1.29 is 4.79 Å². The van der Waals surface area contributed by atoms with Crippen LogP contribution in [0.2, 0.25) is 0 Å². The molecule has 4 heteroatoms. The fraction of sp³-hybridized carbons (Fsp3) is 0.600. The summed E-state index contributed by atoms with van der Waals surface area (Å²) in [6.45, 7) is 6.28. The van der Waals surface area contributed by atoms with Gasteiger partial charge < -0.3 is 10.6 Å². The fourth-order valence-corrected chi connectivity index (χ4v) is 2.32. The van der Waals surface area contributed by atoms with Gasteiger partial charge in [-0.25, -0.2) is 4.98 Å². The van der Waals surface area contributed by atoms with Crippen molar-refractivity contribution in [2.45, 2.75) is 52.5 Å².